The second kappa shape index (κ2) is 6.67. The van der Waals surface area contributed by atoms with E-state index in [1.807, 2.05) is 42.5 Å². The molecular formula is C19H21N3O. The molecule has 0 radical (unpaired) electrons. The number of aryl methyl sites for hydroxylation is 1. The molecule has 3 rings (SSSR count). The average Bonchev–Trinajstić information content (AvgIpc) is 2.87. The Morgan fingerprint density at radius 1 is 1.13 bits per heavy atom. The van der Waals surface area contributed by atoms with Crippen LogP contribution in [0, 0.1) is 6.92 Å². The number of rotatable bonds is 6. The Morgan fingerprint density at radius 2 is 1.83 bits per heavy atom. The van der Waals surface area contributed by atoms with Crippen LogP contribution in [-0.4, -0.2) is 17.4 Å². The third kappa shape index (κ3) is 3.27. The molecule has 3 aromatic rings. The molecule has 1 atom stereocenters. The predicted molar refractivity (Wildman–Crippen MR) is 93.1 cm³/mol. The number of carbonyl (C=O) groups excluding carboxylic acids is 1. The Kier molecular flexibility index (Phi) is 4.44. The number of benzene rings is 2. The smallest absolute Gasteiger partial charge is 0.239 e. The van der Waals surface area contributed by atoms with Gasteiger partial charge in [0.1, 0.15) is 6.04 Å². The Hall–Kier alpha value is -2.59. The quantitative estimate of drug-likeness (QED) is 0.655. The van der Waals surface area contributed by atoms with E-state index in [9.17, 15) is 4.79 Å². The molecule has 0 aliphatic heterocycles. The molecule has 0 spiro atoms. The zero-order valence-electron chi connectivity index (χ0n) is 13.2. The van der Waals surface area contributed by atoms with Crippen LogP contribution in [0.15, 0.2) is 54.6 Å². The van der Waals surface area contributed by atoms with E-state index in [0.717, 1.165) is 17.5 Å². The van der Waals surface area contributed by atoms with Crippen LogP contribution in [0.2, 0.25) is 0 Å². The van der Waals surface area contributed by atoms with Crippen molar-refractivity contribution in [2.45, 2.75) is 19.4 Å². The van der Waals surface area contributed by atoms with Crippen molar-refractivity contribution in [3.05, 3.63) is 71.4 Å². The number of carbonyl (C=O) groups is 1. The normalized spacial score (nSPS) is 12.4. The molecule has 0 bridgehead atoms. The first kappa shape index (κ1) is 15.3. The van der Waals surface area contributed by atoms with Crippen LogP contribution < -0.4 is 11.1 Å². The summed E-state index contributed by atoms with van der Waals surface area (Å²) in [7, 11) is 0. The van der Waals surface area contributed by atoms with Gasteiger partial charge in [-0.1, -0.05) is 48.5 Å². The van der Waals surface area contributed by atoms with Gasteiger partial charge in [-0.05, 0) is 30.5 Å². The minimum Gasteiger partial charge on any atom is -0.368 e. The number of nitrogens with one attached hydrogen (secondary N) is 2. The van der Waals surface area contributed by atoms with E-state index in [-0.39, 0.29) is 5.91 Å². The van der Waals surface area contributed by atoms with E-state index in [2.05, 4.69) is 29.4 Å². The zero-order chi connectivity index (χ0) is 16.2. The fourth-order valence-corrected chi connectivity index (χ4v) is 3.03. The maximum atomic E-state index is 11.7. The highest BCUT2D eigenvalue weighted by molar-refractivity contribution is 5.84. The molecule has 0 aliphatic carbocycles. The van der Waals surface area contributed by atoms with Gasteiger partial charge in [0.25, 0.3) is 0 Å². The number of aromatic nitrogens is 1. The van der Waals surface area contributed by atoms with Crippen molar-refractivity contribution in [3.63, 3.8) is 0 Å². The van der Waals surface area contributed by atoms with E-state index in [4.69, 9.17) is 5.73 Å². The molecule has 4 nitrogen and oxygen atoms in total. The summed E-state index contributed by atoms with van der Waals surface area (Å²) >= 11 is 0. The Bertz CT molecular complexity index is 808. The number of primary amides is 1. The number of hydrogen-bond donors (Lipinski definition) is 3. The van der Waals surface area contributed by atoms with Crippen LogP contribution in [0.5, 0.6) is 0 Å². The Balaban J connectivity index is 1.72. The van der Waals surface area contributed by atoms with Crippen LogP contribution in [0.1, 0.15) is 22.9 Å². The number of hydrogen-bond acceptors (Lipinski definition) is 2. The monoisotopic (exact) mass is 307 g/mol. The van der Waals surface area contributed by atoms with Gasteiger partial charge in [-0.25, -0.2) is 0 Å². The zero-order valence-corrected chi connectivity index (χ0v) is 13.2. The van der Waals surface area contributed by atoms with Crippen LogP contribution >= 0.6 is 0 Å². The Labute approximate surface area is 135 Å². The van der Waals surface area contributed by atoms with Crippen LogP contribution in [-0.2, 0) is 11.2 Å². The topological polar surface area (TPSA) is 70.9 Å². The van der Waals surface area contributed by atoms with Crippen molar-refractivity contribution in [2.75, 3.05) is 6.54 Å². The number of amides is 1. The van der Waals surface area contributed by atoms with Gasteiger partial charge in [0.05, 0.1) is 0 Å². The third-order valence-electron chi connectivity index (χ3n) is 4.17. The van der Waals surface area contributed by atoms with E-state index in [1.54, 1.807) is 0 Å². The minimum absolute atomic E-state index is 0.355. The Morgan fingerprint density at radius 3 is 2.57 bits per heavy atom. The molecule has 1 aromatic heterocycles. The molecule has 118 valence electrons. The van der Waals surface area contributed by atoms with Crippen molar-refractivity contribution < 1.29 is 4.79 Å². The molecule has 0 aliphatic rings. The van der Waals surface area contributed by atoms with E-state index in [0.29, 0.717) is 6.54 Å². The molecule has 0 saturated heterocycles. The molecular weight excluding hydrogens is 286 g/mol. The summed E-state index contributed by atoms with van der Waals surface area (Å²) in [4.78, 5) is 15.1. The average molecular weight is 307 g/mol. The van der Waals surface area contributed by atoms with E-state index < -0.39 is 6.04 Å². The number of nitrogens with two attached hydrogens (primary N) is 1. The lowest BCUT2D eigenvalue weighted by molar-refractivity contribution is -0.120. The SMILES string of the molecule is Cc1[nH]c2ccccc2c1CCN[C@H](C(N)=O)c1ccccc1. The molecule has 4 N–H and O–H groups in total. The summed E-state index contributed by atoms with van der Waals surface area (Å²) in [5.74, 6) is -0.355. The lowest BCUT2D eigenvalue weighted by atomic mass is 10.0. The van der Waals surface area contributed by atoms with E-state index >= 15 is 0 Å². The highest BCUT2D eigenvalue weighted by Crippen LogP contribution is 2.22. The lowest BCUT2D eigenvalue weighted by Crippen LogP contribution is -2.34. The van der Waals surface area contributed by atoms with Gasteiger partial charge in [0, 0.05) is 23.1 Å². The first-order chi connectivity index (χ1) is 11.2. The maximum Gasteiger partial charge on any atom is 0.239 e. The largest absolute Gasteiger partial charge is 0.368 e. The predicted octanol–water partition coefficient (Wildman–Crippen LogP) is 2.84. The summed E-state index contributed by atoms with van der Waals surface area (Å²) in [5, 5.41) is 4.52. The molecule has 0 fully saturated rings. The second-order valence-electron chi connectivity index (χ2n) is 5.72. The van der Waals surface area contributed by atoms with Crippen LogP contribution in [0.25, 0.3) is 10.9 Å². The summed E-state index contributed by atoms with van der Waals surface area (Å²) in [6.45, 7) is 2.77. The molecule has 0 unspecified atom stereocenters. The number of aromatic amines is 1. The van der Waals surface area contributed by atoms with Gasteiger partial charge in [0.15, 0.2) is 0 Å². The third-order valence-corrected chi connectivity index (χ3v) is 4.17. The molecule has 4 heteroatoms. The first-order valence-electron chi connectivity index (χ1n) is 7.80. The van der Waals surface area contributed by atoms with Crippen molar-refractivity contribution in [3.8, 4) is 0 Å². The standard InChI is InChI=1S/C19H21N3O/c1-13-15(16-9-5-6-10-17(16)22-13)11-12-21-18(19(20)23)14-7-3-2-4-8-14/h2-10,18,21-22H,11-12H2,1H3,(H2,20,23)/t18-/m0/s1. The number of H-pyrrole nitrogens is 1. The van der Waals surface area contributed by atoms with Gasteiger partial charge in [-0.2, -0.15) is 0 Å². The van der Waals surface area contributed by atoms with Gasteiger partial charge < -0.3 is 16.0 Å². The van der Waals surface area contributed by atoms with Gasteiger partial charge >= 0.3 is 0 Å². The van der Waals surface area contributed by atoms with Gasteiger partial charge in [-0.3, -0.25) is 4.79 Å². The minimum atomic E-state index is -0.457. The van der Waals surface area contributed by atoms with Gasteiger partial charge in [0.2, 0.25) is 5.91 Å². The molecule has 1 heterocycles. The molecule has 23 heavy (non-hydrogen) atoms. The fourth-order valence-electron chi connectivity index (χ4n) is 3.03. The second-order valence-corrected chi connectivity index (χ2v) is 5.72. The molecule has 1 amide bonds. The van der Waals surface area contributed by atoms with Crippen molar-refractivity contribution in [1.29, 1.82) is 0 Å². The van der Waals surface area contributed by atoms with Crippen molar-refractivity contribution in [1.82, 2.24) is 10.3 Å². The van der Waals surface area contributed by atoms with Crippen LogP contribution in [0.3, 0.4) is 0 Å². The van der Waals surface area contributed by atoms with Crippen molar-refractivity contribution >= 4 is 16.8 Å². The fraction of sp³-hybridized carbons (Fsp3) is 0.211. The van der Waals surface area contributed by atoms with Gasteiger partial charge in [-0.15, -0.1) is 0 Å². The molecule has 0 saturated carbocycles. The summed E-state index contributed by atoms with van der Waals surface area (Å²) in [6.07, 6.45) is 0.840. The highest BCUT2D eigenvalue weighted by Gasteiger charge is 2.17. The number of para-hydroxylation sites is 1. The summed E-state index contributed by atoms with van der Waals surface area (Å²) in [6, 6.07) is 17.4. The molecule has 2 aromatic carbocycles. The number of fused-ring (bicyclic) bond motifs is 1. The van der Waals surface area contributed by atoms with Crippen molar-refractivity contribution in [2.24, 2.45) is 5.73 Å². The maximum absolute atomic E-state index is 11.7. The lowest BCUT2D eigenvalue weighted by Gasteiger charge is -2.15. The summed E-state index contributed by atoms with van der Waals surface area (Å²) < 4.78 is 0. The highest BCUT2D eigenvalue weighted by atomic mass is 16.1. The van der Waals surface area contributed by atoms with E-state index in [1.165, 1.54) is 16.6 Å². The summed E-state index contributed by atoms with van der Waals surface area (Å²) in [5.41, 5.74) is 10.0. The first-order valence-corrected chi connectivity index (χ1v) is 7.80. The van der Waals surface area contributed by atoms with Crippen LogP contribution in [0.4, 0.5) is 0 Å².